The molecular weight excluding hydrogens is 491 g/mol. The molecule has 1 aromatic carbocycles. The number of amides is 1. The van der Waals surface area contributed by atoms with Gasteiger partial charge in [0.2, 0.25) is 5.88 Å². The molecule has 190 valence electrons. The van der Waals surface area contributed by atoms with Crippen molar-refractivity contribution in [2.45, 2.75) is 25.5 Å². The largest absolute Gasteiger partial charge is 0.474 e. The number of hydrogen-bond donors (Lipinski definition) is 1. The number of aromatic nitrogens is 4. The van der Waals surface area contributed by atoms with Crippen LogP contribution in [0.25, 0.3) is 22.6 Å². The highest BCUT2D eigenvalue weighted by molar-refractivity contribution is 7.07. The van der Waals surface area contributed by atoms with E-state index >= 15 is 0 Å². The van der Waals surface area contributed by atoms with Crippen molar-refractivity contribution >= 4 is 17.2 Å². The van der Waals surface area contributed by atoms with Crippen molar-refractivity contribution in [3.63, 3.8) is 0 Å². The number of aryl methyl sites for hydroxylation is 1. The first-order chi connectivity index (χ1) is 17.7. The molecule has 0 unspecified atom stereocenters. The summed E-state index contributed by atoms with van der Waals surface area (Å²) in [6, 6.07) is 11.8. The predicted molar refractivity (Wildman–Crippen MR) is 138 cm³/mol. The lowest BCUT2D eigenvalue weighted by atomic mass is 9.95. The van der Waals surface area contributed by atoms with Crippen molar-refractivity contribution in [1.82, 2.24) is 24.6 Å². The van der Waals surface area contributed by atoms with Crippen molar-refractivity contribution < 1.29 is 13.9 Å². The molecule has 1 saturated heterocycles. The van der Waals surface area contributed by atoms with E-state index < -0.39 is 5.54 Å². The highest BCUT2D eigenvalue weighted by Crippen LogP contribution is 2.48. The number of fused-ring (bicyclic) bond motifs is 1. The van der Waals surface area contributed by atoms with Gasteiger partial charge in [-0.25, -0.2) is 14.4 Å². The molecule has 3 aromatic heterocycles. The SMILES string of the molecule is Cn1nc(-c2cscn2)cc1C(=O)N1C[C@@H]2[C@H](C1)[C@@H]2Oc1cc(C(C)(C)N)cc(-c2ccc(F)cc2)n1. The Morgan fingerprint density at radius 3 is 2.49 bits per heavy atom. The number of benzene rings is 1. The number of likely N-dealkylation sites (tertiary alicyclic amines) is 1. The van der Waals surface area contributed by atoms with E-state index in [2.05, 4.69) is 10.1 Å². The molecule has 2 N–H and O–H groups in total. The fraction of sp³-hybridized carbons (Fsp3) is 0.333. The molecule has 1 aliphatic heterocycles. The lowest BCUT2D eigenvalue weighted by Crippen LogP contribution is -2.34. The topological polar surface area (TPSA) is 99.2 Å². The Labute approximate surface area is 217 Å². The summed E-state index contributed by atoms with van der Waals surface area (Å²) in [4.78, 5) is 24.1. The fourth-order valence-corrected chi connectivity index (χ4v) is 5.50. The van der Waals surface area contributed by atoms with Crippen LogP contribution >= 0.6 is 11.3 Å². The Morgan fingerprint density at radius 2 is 1.84 bits per heavy atom. The number of nitrogens with two attached hydrogens (primary N) is 1. The van der Waals surface area contributed by atoms with Gasteiger partial charge < -0.3 is 15.4 Å². The highest BCUT2D eigenvalue weighted by atomic mass is 32.1. The number of pyridine rings is 1. The van der Waals surface area contributed by atoms with Crippen molar-refractivity contribution in [2.24, 2.45) is 24.6 Å². The molecule has 3 atom stereocenters. The zero-order valence-electron chi connectivity index (χ0n) is 20.8. The molecule has 1 saturated carbocycles. The molecule has 4 aromatic rings. The van der Waals surface area contributed by atoms with Crippen LogP contribution < -0.4 is 10.5 Å². The average Bonchev–Trinajstić information content (AvgIpc) is 3.36. The number of hydrogen-bond acceptors (Lipinski definition) is 7. The number of halogens is 1. The molecule has 6 rings (SSSR count). The first-order valence-corrected chi connectivity index (χ1v) is 13.1. The molecular formula is C27H27FN6O2S. The number of thiazole rings is 1. The van der Waals surface area contributed by atoms with Gasteiger partial charge >= 0.3 is 0 Å². The number of nitrogens with zero attached hydrogens (tertiary/aromatic N) is 5. The Bertz CT molecular complexity index is 1450. The fourth-order valence-electron chi connectivity index (χ4n) is 4.95. The van der Waals surface area contributed by atoms with Crippen LogP contribution in [0.15, 0.2) is 53.4 Å². The van der Waals surface area contributed by atoms with E-state index in [1.807, 2.05) is 36.3 Å². The number of carbonyl (C=O) groups is 1. The minimum absolute atomic E-state index is 0.00846. The van der Waals surface area contributed by atoms with E-state index in [1.54, 1.807) is 35.4 Å². The van der Waals surface area contributed by atoms with Crippen LogP contribution in [0.3, 0.4) is 0 Å². The molecule has 8 nitrogen and oxygen atoms in total. The van der Waals surface area contributed by atoms with Crippen LogP contribution in [-0.4, -0.2) is 49.7 Å². The Balaban J connectivity index is 1.16. The van der Waals surface area contributed by atoms with Crippen LogP contribution in [0.4, 0.5) is 4.39 Å². The van der Waals surface area contributed by atoms with Crippen LogP contribution in [0.2, 0.25) is 0 Å². The van der Waals surface area contributed by atoms with E-state index in [9.17, 15) is 9.18 Å². The van der Waals surface area contributed by atoms with Gasteiger partial charge in [0.05, 0.1) is 11.2 Å². The van der Waals surface area contributed by atoms with E-state index in [4.69, 9.17) is 15.5 Å². The van der Waals surface area contributed by atoms with Crippen molar-refractivity contribution in [3.05, 3.63) is 70.4 Å². The molecule has 4 heterocycles. The molecule has 1 aliphatic carbocycles. The lowest BCUT2D eigenvalue weighted by molar-refractivity contribution is 0.0740. The summed E-state index contributed by atoms with van der Waals surface area (Å²) in [5, 5.41) is 6.38. The number of rotatable bonds is 6. The molecule has 0 bridgehead atoms. The third-order valence-corrected chi connectivity index (χ3v) is 7.73. The summed E-state index contributed by atoms with van der Waals surface area (Å²) in [6.07, 6.45) is -0.00846. The summed E-state index contributed by atoms with van der Waals surface area (Å²) in [7, 11) is 1.78. The first kappa shape index (κ1) is 23.7. The van der Waals surface area contributed by atoms with Gasteiger partial charge in [0.25, 0.3) is 5.91 Å². The maximum Gasteiger partial charge on any atom is 0.272 e. The third-order valence-electron chi connectivity index (χ3n) is 7.14. The van der Waals surface area contributed by atoms with Gasteiger partial charge in [-0.2, -0.15) is 5.10 Å². The predicted octanol–water partition coefficient (Wildman–Crippen LogP) is 4.09. The molecule has 2 fully saturated rings. The standard InChI is InChI=1S/C27H27FN6O2S/c1-27(2,29)16-8-20(15-4-6-17(28)7-5-15)31-24(9-16)36-25-18-11-34(12-19(18)25)26(35)23-10-21(32-33(23)3)22-13-37-14-30-22/h4-10,13-14,18-19,25H,11-12,29H2,1-3H3/t18-,19+,25-. The van der Waals surface area contributed by atoms with Gasteiger partial charge in [-0.1, -0.05) is 0 Å². The molecule has 37 heavy (non-hydrogen) atoms. The molecule has 0 radical (unpaired) electrons. The maximum absolute atomic E-state index is 13.4. The van der Waals surface area contributed by atoms with Gasteiger partial charge in [-0.05, 0) is 55.8 Å². The zero-order valence-corrected chi connectivity index (χ0v) is 21.6. The quantitative estimate of drug-likeness (QED) is 0.413. The van der Waals surface area contributed by atoms with Gasteiger partial charge in [0.15, 0.2) is 0 Å². The smallest absolute Gasteiger partial charge is 0.272 e. The zero-order chi connectivity index (χ0) is 25.9. The first-order valence-electron chi connectivity index (χ1n) is 12.1. The molecule has 2 aliphatic rings. The van der Waals surface area contributed by atoms with Crippen molar-refractivity contribution in [3.8, 4) is 28.5 Å². The summed E-state index contributed by atoms with van der Waals surface area (Å²) in [5.74, 6) is 0.658. The number of ether oxygens (including phenoxy) is 1. The van der Waals surface area contributed by atoms with Crippen molar-refractivity contribution in [2.75, 3.05) is 13.1 Å². The monoisotopic (exact) mass is 518 g/mol. The molecule has 1 amide bonds. The second kappa shape index (κ2) is 8.74. The number of carbonyl (C=O) groups excluding carboxylic acids is 1. The number of piperidine rings is 1. The second-order valence-corrected chi connectivity index (χ2v) is 11.1. The van der Waals surface area contributed by atoms with Gasteiger partial charge in [0, 0.05) is 54.5 Å². The van der Waals surface area contributed by atoms with Crippen LogP contribution in [-0.2, 0) is 12.6 Å². The highest BCUT2D eigenvalue weighted by Gasteiger charge is 2.59. The van der Waals surface area contributed by atoms with Crippen LogP contribution in [0.5, 0.6) is 5.88 Å². The third kappa shape index (κ3) is 4.51. The normalized spacial score (nSPS) is 20.7. The Kier molecular flexibility index (Phi) is 5.61. The minimum atomic E-state index is -0.598. The van der Waals surface area contributed by atoms with Crippen LogP contribution in [0.1, 0.15) is 29.9 Å². The molecule has 10 heteroatoms. The maximum atomic E-state index is 13.4. The van der Waals surface area contributed by atoms with E-state index in [0.29, 0.717) is 36.1 Å². The lowest BCUT2D eigenvalue weighted by Gasteiger charge is -2.22. The summed E-state index contributed by atoms with van der Waals surface area (Å²) in [6.45, 7) is 5.10. The minimum Gasteiger partial charge on any atom is -0.474 e. The summed E-state index contributed by atoms with van der Waals surface area (Å²) >= 11 is 1.50. The van der Waals surface area contributed by atoms with E-state index in [0.717, 1.165) is 16.8 Å². The Hall–Kier alpha value is -3.63. The average molecular weight is 519 g/mol. The van der Waals surface area contributed by atoms with Gasteiger partial charge in [0.1, 0.15) is 29.0 Å². The second-order valence-electron chi connectivity index (χ2n) is 10.3. The van der Waals surface area contributed by atoms with Crippen molar-refractivity contribution in [1.29, 1.82) is 0 Å². The van der Waals surface area contributed by atoms with Gasteiger partial charge in [-0.15, -0.1) is 11.3 Å². The summed E-state index contributed by atoms with van der Waals surface area (Å²) < 4.78 is 21.4. The van der Waals surface area contributed by atoms with Gasteiger partial charge in [-0.3, -0.25) is 9.48 Å². The molecule has 0 spiro atoms. The van der Waals surface area contributed by atoms with Crippen LogP contribution in [0, 0.1) is 17.7 Å². The van der Waals surface area contributed by atoms with E-state index in [1.165, 1.54) is 23.5 Å². The summed E-state index contributed by atoms with van der Waals surface area (Å²) in [5.41, 5.74) is 11.9. The Morgan fingerprint density at radius 1 is 1.11 bits per heavy atom. The van der Waals surface area contributed by atoms with E-state index in [-0.39, 0.29) is 29.7 Å².